The number of nitrogens with zero attached hydrogens (tertiary/aromatic N) is 2. The Bertz CT molecular complexity index is 534. The van der Waals surface area contributed by atoms with Crippen LogP contribution in [0.15, 0.2) is 34.3 Å². The number of benzene rings is 1. The first-order valence-corrected chi connectivity index (χ1v) is 4.72. The highest BCUT2D eigenvalue weighted by Crippen LogP contribution is 2.02. The minimum atomic E-state index is -0.627. The summed E-state index contributed by atoms with van der Waals surface area (Å²) in [5.74, 6) is -0.379. The van der Waals surface area contributed by atoms with Gasteiger partial charge in [0.2, 0.25) is 0 Å². The van der Waals surface area contributed by atoms with Crippen molar-refractivity contribution < 1.29 is 9.59 Å². The van der Waals surface area contributed by atoms with Gasteiger partial charge in [0.1, 0.15) is 11.8 Å². The lowest BCUT2D eigenvalue weighted by Crippen LogP contribution is -2.37. The zero-order valence-electron chi connectivity index (χ0n) is 8.30. The molecule has 4 nitrogen and oxygen atoms in total. The van der Waals surface area contributed by atoms with E-state index in [1.165, 1.54) is 6.92 Å². The largest absolute Gasteiger partial charge is 0.300 e. The second-order valence-corrected chi connectivity index (χ2v) is 3.49. The van der Waals surface area contributed by atoms with Gasteiger partial charge in [-0.3, -0.25) is 14.6 Å². The van der Waals surface area contributed by atoms with Crippen LogP contribution < -0.4 is 10.7 Å². The first-order chi connectivity index (χ1) is 7.16. The highest BCUT2D eigenvalue weighted by atomic mass is 16.2. The molecule has 0 N–H and O–H groups in total. The molecular formula is C11H10N2O2. The van der Waals surface area contributed by atoms with E-state index in [0.717, 1.165) is 0 Å². The molecule has 0 aromatic heterocycles. The van der Waals surface area contributed by atoms with E-state index in [2.05, 4.69) is 9.98 Å². The van der Waals surface area contributed by atoms with E-state index in [0.29, 0.717) is 10.7 Å². The van der Waals surface area contributed by atoms with Crippen LogP contribution in [0.2, 0.25) is 0 Å². The zero-order chi connectivity index (χ0) is 10.8. The van der Waals surface area contributed by atoms with E-state index in [-0.39, 0.29) is 18.1 Å². The molecule has 4 heteroatoms. The lowest BCUT2D eigenvalue weighted by molar-refractivity contribution is -0.124. The Morgan fingerprint density at radius 2 is 2.00 bits per heavy atom. The average molecular weight is 202 g/mol. The number of hydrogen-bond acceptors (Lipinski definition) is 3. The fourth-order valence-electron chi connectivity index (χ4n) is 1.49. The molecule has 1 amide bonds. The van der Waals surface area contributed by atoms with Crippen LogP contribution in [0.5, 0.6) is 0 Å². The molecule has 0 radical (unpaired) electrons. The third-order valence-electron chi connectivity index (χ3n) is 2.17. The molecule has 0 saturated carbocycles. The van der Waals surface area contributed by atoms with Crippen molar-refractivity contribution in [2.75, 3.05) is 0 Å². The molecule has 1 unspecified atom stereocenters. The van der Waals surface area contributed by atoms with Gasteiger partial charge in [0, 0.05) is 6.42 Å². The number of fused-ring (bicyclic) bond motifs is 1. The molecule has 1 atom stereocenters. The molecule has 1 aromatic rings. The SMILES string of the molecule is CC(=O)CC1N=c2ccccc2=NC1=O. The van der Waals surface area contributed by atoms with Gasteiger partial charge in [0.15, 0.2) is 0 Å². The van der Waals surface area contributed by atoms with Crippen LogP contribution in [0.1, 0.15) is 13.3 Å². The number of Topliss-reactive ketones (excluding diaryl/α,β-unsaturated/α-hetero) is 1. The van der Waals surface area contributed by atoms with Crippen LogP contribution in [-0.4, -0.2) is 17.7 Å². The van der Waals surface area contributed by atoms with E-state index in [9.17, 15) is 9.59 Å². The Morgan fingerprint density at radius 3 is 2.67 bits per heavy atom. The molecular weight excluding hydrogens is 192 g/mol. The van der Waals surface area contributed by atoms with Gasteiger partial charge in [-0.05, 0) is 19.1 Å². The average Bonchev–Trinajstić information content (AvgIpc) is 2.18. The highest BCUT2D eigenvalue weighted by Gasteiger charge is 2.20. The molecule has 76 valence electrons. The third-order valence-corrected chi connectivity index (χ3v) is 2.17. The van der Waals surface area contributed by atoms with E-state index in [4.69, 9.17) is 0 Å². The highest BCUT2D eigenvalue weighted by molar-refractivity contribution is 5.89. The Labute approximate surface area is 86.4 Å². The van der Waals surface area contributed by atoms with E-state index in [1.807, 2.05) is 6.07 Å². The number of para-hydroxylation sites is 2. The van der Waals surface area contributed by atoms with Crippen LogP contribution in [0, 0.1) is 0 Å². The first kappa shape index (κ1) is 9.71. The molecule has 1 aliphatic rings. The van der Waals surface area contributed by atoms with Crippen molar-refractivity contribution in [3.8, 4) is 0 Å². The lowest BCUT2D eigenvalue weighted by atomic mass is 10.1. The van der Waals surface area contributed by atoms with Gasteiger partial charge in [0.05, 0.1) is 10.7 Å². The molecule has 1 heterocycles. The fraction of sp³-hybridized carbons (Fsp3) is 0.273. The van der Waals surface area contributed by atoms with Crippen molar-refractivity contribution in [2.45, 2.75) is 19.4 Å². The van der Waals surface area contributed by atoms with Crippen molar-refractivity contribution in [3.05, 3.63) is 35.0 Å². The molecule has 2 rings (SSSR count). The van der Waals surface area contributed by atoms with Gasteiger partial charge in [-0.25, -0.2) is 4.99 Å². The molecule has 0 spiro atoms. The Morgan fingerprint density at radius 1 is 1.33 bits per heavy atom. The Hall–Kier alpha value is -1.84. The van der Waals surface area contributed by atoms with Gasteiger partial charge in [-0.15, -0.1) is 0 Å². The number of amides is 1. The minimum absolute atomic E-state index is 0.0494. The molecule has 0 aliphatic carbocycles. The Kier molecular flexibility index (Phi) is 2.41. The number of carbonyl (C=O) groups excluding carboxylic acids is 2. The van der Waals surface area contributed by atoms with Crippen molar-refractivity contribution in [2.24, 2.45) is 9.98 Å². The van der Waals surface area contributed by atoms with Crippen LogP contribution in [-0.2, 0) is 9.59 Å². The van der Waals surface area contributed by atoms with Crippen LogP contribution >= 0.6 is 0 Å². The van der Waals surface area contributed by atoms with Gasteiger partial charge in [0.25, 0.3) is 5.91 Å². The molecule has 0 bridgehead atoms. The van der Waals surface area contributed by atoms with E-state index < -0.39 is 6.04 Å². The van der Waals surface area contributed by atoms with Crippen molar-refractivity contribution in [1.82, 2.24) is 0 Å². The number of carbonyl (C=O) groups is 2. The second kappa shape index (κ2) is 3.73. The van der Waals surface area contributed by atoms with Crippen molar-refractivity contribution >= 4 is 11.7 Å². The smallest absolute Gasteiger partial charge is 0.271 e. The number of ketones is 1. The summed E-state index contributed by atoms with van der Waals surface area (Å²) < 4.78 is 0. The topological polar surface area (TPSA) is 58.9 Å². The summed E-state index contributed by atoms with van der Waals surface area (Å²) in [6, 6.07) is 6.53. The molecule has 0 fully saturated rings. The predicted octanol–water partition coefficient (Wildman–Crippen LogP) is -0.186. The molecule has 15 heavy (non-hydrogen) atoms. The van der Waals surface area contributed by atoms with Crippen LogP contribution in [0.3, 0.4) is 0 Å². The Balaban J connectivity index is 2.47. The van der Waals surface area contributed by atoms with Crippen molar-refractivity contribution in [1.29, 1.82) is 0 Å². The number of rotatable bonds is 2. The maximum atomic E-state index is 11.5. The summed E-state index contributed by atoms with van der Waals surface area (Å²) in [5, 5.41) is 1.27. The molecule has 0 saturated heterocycles. The summed E-state index contributed by atoms with van der Waals surface area (Å²) in [6.07, 6.45) is 0.136. The summed E-state index contributed by atoms with van der Waals surface area (Å²) >= 11 is 0. The van der Waals surface area contributed by atoms with E-state index in [1.54, 1.807) is 18.2 Å². The van der Waals surface area contributed by atoms with Crippen LogP contribution in [0.25, 0.3) is 0 Å². The summed E-state index contributed by atoms with van der Waals surface area (Å²) in [7, 11) is 0. The van der Waals surface area contributed by atoms with Crippen molar-refractivity contribution in [3.63, 3.8) is 0 Å². The summed E-state index contributed by atoms with van der Waals surface area (Å²) in [5.41, 5.74) is 0. The standard InChI is InChI=1S/C11H10N2O2/c1-7(14)6-10-11(15)13-9-5-3-2-4-8(9)12-10/h2-5,10H,6H2,1H3. The second-order valence-electron chi connectivity index (χ2n) is 3.49. The maximum Gasteiger partial charge on any atom is 0.271 e. The monoisotopic (exact) mass is 202 g/mol. The van der Waals surface area contributed by atoms with Gasteiger partial charge < -0.3 is 0 Å². The van der Waals surface area contributed by atoms with Gasteiger partial charge in [-0.1, -0.05) is 12.1 Å². The lowest BCUT2D eigenvalue weighted by Gasteiger charge is -2.09. The van der Waals surface area contributed by atoms with E-state index >= 15 is 0 Å². The fourth-order valence-corrected chi connectivity index (χ4v) is 1.49. The van der Waals surface area contributed by atoms with Gasteiger partial charge in [-0.2, -0.15) is 0 Å². The predicted molar refractivity (Wildman–Crippen MR) is 52.8 cm³/mol. The number of hydrogen-bond donors (Lipinski definition) is 0. The normalized spacial score (nSPS) is 18.7. The summed E-state index contributed by atoms with van der Waals surface area (Å²) in [6.45, 7) is 1.45. The van der Waals surface area contributed by atoms with Gasteiger partial charge >= 0.3 is 0 Å². The quantitative estimate of drug-likeness (QED) is 0.667. The molecule has 1 aliphatic heterocycles. The minimum Gasteiger partial charge on any atom is -0.300 e. The van der Waals surface area contributed by atoms with Crippen LogP contribution in [0.4, 0.5) is 0 Å². The zero-order valence-corrected chi connectivity index (χ0v) is 8.30. The molecule has 1 aromatic carbocycles. The summed E-state index contributed by atoms with van der Waals surface area (Å²) in [4.78, 5) is 30.5. The third kappa shape index (κ3) is 1.98. The first-order valence-electron chi connectivity index (χ1n) is 4.72. The maximum absolute atomic E-state index is 11.5.